The van der Waals surface area contributed by atoms with Crippen LogP contribution in [0.25, 0.3) is 0 Å². The third-order valence-electron chi connectivity index (χ3n) is 1.22. The molecule has 0 saturated heterocycles. The molecule has 14 N–H and O–H groups in total. The van der Waals surface area contributed by atoms with Gasteiger partial charge in [0.05, 0.1) is 0 Å². The second kappa shape index (κ2) is 7.15. The molecule has 0 aromatic rings. The van der Waals surface area contributed by atoms with Crippen molar-refractivity contribution in [2.45, 2.75) is 38.3 Å². The molecular weight excluding hydrogens is 172 g/mol. The van der Waals surface area contributed by atoms with Crippen molar-refractivity contribution in [2.75, 3.05) is 0 Å². The molecule has 0 rings (SSSR count). The maximum absolute atomic E-state index is 5.09. The SMILES string of the molecule is CCC(N)(N)N.CCC(N)(N)N.O. The van der Waals surface area contributed by atoms with Gasteiger partial charge < -0.3 is 39.9 Å². The number of hydrogen-bond donors (Lipinski definition) is 6. The van der Waals surface area contributed by atoms with E-state index in [1.165, 1.54) is 0 Å². The fourth-order valence-electron chi connectivity index (χ4n) is 0. The van der Waals surface area contributed by atoms with E-state index in [0.717, 1.165) is 0 Å². The molecule has 84 valence electrons. The summed E-state index contributed by atoms with van der Waals surface area (Å²) in [6.07, 6.45) is 1.21. The van der Waals surface area contributed by atoms with Crippen molar-refractivity contribution in [1.29, 1.82) is 0 Å². The third-order valence-corrected chi connectivity index (χ3v) is 1.22. The van der Waals surface area contributed by atoms with Gasteiger partial charge in [0.1, 0.15) is 11.6 Å². The predicted molar refractivity (Wildman–Crippen MR) is 54.8 cm³/mol. The molecule has 0 aromatic carbocycles. The molecule has 0 fully saturated rings. The van der Waals surface area contributed by atoms with Crippen molar-refractivity contribution in [2.24, 2.45) is 34.4 Å². The van der Waals surface area contributed by atoms with Gasteiger partial charge in [0, 0.05) is 0 Å². The van der Waals surface area contributed by atoms with E-state index >= 15 is 0 Å². The first kappa shape index (κ1) is 18.5. The van der Waals surface area contributed by atoms with Crippen LogP contribution in [0.15, 0.2) is 0 Å². The molecule has 0 bridgehead atoms. The Hall–Kier alpha value is -0.280. The van der Waals surface area contributed by atoms with Gasteiger partial charge in [-0.3, -0.25) is 0 Å². The quantitative estimate of drug-likeness (QED) is 0.255. The van der Waals surface area contributed by atoms with E-state index in [1.54, 1.807) is 0 Å². The minimum absolute atomic E-state index is 0. The molecule has 0 aliphatic rings. The Morgan fingerprint density at radius 1 is 0.692 bits per heavy atom. The van der Waals surface area contributed by atoms with Crippen molar-refractivity contribution in [1.82, 2.24) is 0 Å². The molecule has 0 atom stereocenters. The smallest absolute Gasteiger partial charge is 0.115 e. The van der Waals surface area contributed by atoms with Crippen LogP contribution in [0, 0.1) is 0 Å². The van der Waals surface area contributed by atoms with Gasteiger partial charge in [-0.15, -0.1) is 0 Å². The fraction of sp³-hybridized carbons (Fsp3) is 1.00. The third kappa shape index (κ3) is 33.8. The zero-order chi connectivity index (χ0) is 10.4. The normalized spacial score (nSPS) is 11.1. The highest BCUT2D eigenvalue weighted by Crippen LogP contribution is 1.81. The van der Waals surface area contributed by atoms with Gasteiger partial charge in [-0.25, -0.2) is 0 Å². The van der Waals surface area contributed by atoms with Gasteiger partial charge in [-0.2, -0.15) is 0 Å². The Bertz CT molecular complexity index is 90.7. The fourth-order valence-corrected chi connectivity index (χ4v) is 0. The summed E-state index contributed by atoms with van der Waals surface area (Å²) in [7, 11) is 0. The molecular formula is C6H24N6O. The minimum atomic E-state index is -0.958. The second-order valence-corrected chi connectivity index (χ2v) is 2.93. The molecule has 0 radical (unpaired) electrons. The van der Waals surface area contributed by atoms with E-state index < -0.39 is 11.6 Å². The lowest BCUT2D eigenvalue weighted by Gasteiger charge is -2.13. The van der Waals surface area contributed by atoms with E-state index in [4.69, 9.17) is 34.4 Å². The highest BCUT2D eigenvalue weighted by Gasteiger charge is 2.04. The van der Waals surface area contributed by atoms with Gasteiger partial charge in [-0.1, -0.05) is 13.8 Å². The molecule has 0 heterocycles. The van der Waals surface area contributed by atoms with E-state index in [1.807, 2.05) is 13.8 Å². The Morgan fingerprint density at radius 3 is 0.769 bits per heavy atom. The average Bonchev–Trinajstić information content (AvgIpc) is 1.86. The number of nitrogens with two attached hydrogens (primary N) is 6. The summed E-state index contributed by atoms with van der Waals surface area (Å²) in [5.41, 5.74) is 30.5. The summed E-state index contributed by atoms with van der Waals surface area (Å²) in [4.78, 5) is 0. The summed E-state index contributed by atoms with van der Waals surface area (Å²) in [6, 6.07) is 0. The maximum atomic E-state index is 5.09. The van der Waals surface area contributed by atoms with Crippen LogP contribution in [0.1, 0.15) is 26.7 Å². The predicted octanol–water partition coefficient (Wildman–Crippen LogP) is -2.97. The van der Waals surface area contributed by atoms with E-state index in [0.29, 0.717) is 12.8 Å². The lowest BCUT2D eigenvalue weighted by Crippen LogP contribution is -2.57. The summed E-state index contributed by atoms with van der Waals surface area (Å²) in [5.74, 6) is -1.92. The zero-order valence-electron chi connectivity index (χ0n) is 8.38. The van der Waals surface area contributed by atoms with Crippen LogP contribution in [-0.2, 0) is 0 Å². The molecule has 0 aliphatic heterocycles. The monoisotopic (exact) mass is 196 g/mol. The Balaban J connectivity index is -0.000000143. The standard InChI is InChI=1S/2C3H11N3.H2O/c2*1-2-3(4,5)6;/h2*2,4-6H2,1H3;1H2. The number of rotatable bonds is 2. The molecule has 0 spiro atoms. The summed E-state index contributed by atoms with van der Waals surface area (Å²) in [5, 5.41) is 0. The van der Waals surface area contributed by atoms with Crippen LogP contribution in [-0.4, -0.2) is 17.0 Å². The first-order valence-corrected chi connectivity index (χ1v) is 3.85. The highest BCUT2D eigenvalue weighted by atomic mass is 16.0. The Kier molecular flexibility index (Phi) is 10.2. The van der Waals surface area contributed by atoms with Gasteiger partial charge in [0.2, 0.25) is 0 Å². The van der Waals surface area contributed by atoms with Crippen molar-refractivity contribution < 1.29 is 5.48 Å². The first-order chi connectivity index (χ1) is 5.12. The minimum Gasteiger partial charge on any atom is -0.412 e. The van der Waals surface area contributed by atoms with Crippen LogP contribution in [0.4, 0.5) is 0 Å². The lowest BCUT2D eigenvalue weighted by atomic mass is 10.3. The summed E-state index contributed by atoms with van der Waals surface area (Å²) < 4.78 is 0. The Labute approximate surface area is 79.1 Å². The highest BCUT2D eigenvalue weighted by molar-refractivity contribution is 4.62. The molecule has 0 amide bonds. The van der Waals surface area contributed by atoms with Crippen molar-refractivity contribution >= 4 is 0 Å². The summed E-state index contributed by atoms with van der Waals surface area (Å²) in [6.45, 7) is 3.67. The zero-order valence-corrected chi connectivity index (χ0v) is 8.38. The average molecular weight is 196 g/mol. The maximum Gasteiger partial charge on any atom is 0.115 e. The van der Waals surface area contributed by atoms with Crippen molar-refractivity contribution in [3.05, 3.63) is 0 Å². The van der Waals surface area contributed by atoms with Crippen LogP contribution in [0.5, 0.6) is 0 Å². The Morgan fingerprint density at radius 2 is 0.769 bits per heavy atom. The molecule has 7 heteroatoms. The number of hydrogen-bond acceptors (Lipinski definition) is 6. The van der Waals surface area contributed by atoms with E-state index in [-0.39, 0.29) is 5.48 Å². The first-order valence-electron chi connectivity index (χ1n) is 3.85. The lowest BCUT2D eigenvalue weighted by molar-refractivity contribution is 0.446. The second-order valence-electron chi connectivity index (χ2n) is 2.93. The van der Waals surface area contributed by atoms with Gasteiger partial charge >= 0.3 is 0 Å². The molecule has 0 aliphatic carbocycles. The van der Waals surface area contributed by atoms with Gasteiger partial charge in [-0.05, 0) is 12.8 Å². The molecule has 7 nitrogen and oxygen atoms in total. The van der Waals surface area contributed by atoms with Crippen molar-refractivity contribution in [3.8, 4) is 0 Å². The topological polar surface area (TPSA) is 188 Å². The van der Waals surface area contributed by atoms with Gasteiger partial charge in [0.15, 0.2) is 0 Å². The summed E-state index contributed by atoms with van der Waals surface area (Å²) >= 11 is 0. The van der Waals surface area contributed by atoms with Crippen LogP contribution < -0.4 is 34.4 Å². The van der Waals surface area contributed by atoms with Crippen LogP contribution >= 0.6 is 0 Å². The molecule has 0 saturated carbocycles. The van der Waals surface area contributed by atoms with Crippen LogP contribution in [0.2, 0.25) is 0 Å². The largest absolute Gasteiger partial charge is 0.412 e. The molecule has 13 heavy (non-hydrogen) atoms. The van der Waals surface area contributed by atoms with E-state index in [9.17, 15) is 0 Å². The molecule has 0 aromatic heterocycles. The van der Waals surface area contributed by atoms with Gasteiger partial charge in [0.25, 0.3) is 0 Å². The molecule has 0 unspecified atom stereocenters. The van der Waals surface area contributed by atoms with Crippen molar-refractivity contribution in [3.63, 3.8) is 0 Å². The van der Waals surface area contributed by atoms with Crippen LogP contribution in [0.3, 0.4) is 0 Å². The van der Waals surface area contributed by atoms with E-state index in [2.05, 4.69) is 0 Å².